The zero-order chi connectivity index (χ0) is 17.5. The van der Waals surface area contributed by atoms with Crippen molar-refractivity contribution in [2.75, 3.05) is 19.0 Å². The van der Waals surface area contributed by atoms with E-state index < -0.39 is 0 Å². The molecule has 2 aromatic heterocycles. The summed E-state index contributed by atoms with van der Waals surface area (Å²) in [6.07, 6.45) is 5.32. The van der Waals surface area contributed by atoms with Gasteiger partial charge >= 0.3 is 6.03 Å². The standard InChI is InChI=1S/C18H19N5O2/c1-25-15-6-4-5-14(13-15)22-18(24)21-10-12-23-11-9-20-17(23)16-7-2-3-8-19-16/h2-9,11,13H,10,12H2,1H3,(H2,21,22,24). The summed E-state index contributed by atoms with van der Waals surface area (Å²) in [6.45, 7) is 1.06. The molecule has 2 amide bonds. The Hall–Kier alpha value is -3.35. The van der Waals surface area contributed by atoms with Crippen LogP contribution in [0.25, 0.3) is 11.5 Å². The van der Waals surface area contributed by atoms with E-state index in [1.54, 1.807) is 31.6 Å². The largest absolute Gasteiger partial charge is 0.497 e. The summed E-state index contributed by atoms with van der Waals surface area (Å²) >= 11 is 0. The fourth-order valence-electron chi connectivity index (χ4n) is 2.38. The smallest absolute Gasteiger partial charge is 0.319 e. The molecule has 0 saturated heterocycles. The molecule has 2 heterocycles. The molecule has 0 aliphatic heterocycles. The number of benzene rings is 1. The predicted molar refractivity (Wildman–Crippen MR) is 95.5 cm³/mol. The maximum absolute atomic E-state index is 12.0. The van der Waals surface area contributed by atoms with Gasteiger partial charge in [-0.3, -0.25) is 4.98 Å². The van der Waals surface area contributed by atoms with E-state index in [1.807, 2.05) is 41.1 Å². The highest BCUT2D eigenvalue weighted by molar-refractivity contribution is 5.89. The van der Waals surface area contributed by atoms with Crippen molar-refractivity contribution in [2.45, 2.75) is 6.54 Å². The molecule has 7 nitrogen and oxygen atoms in total. The predicted octanol–water partition coefficient (Wildman–Crippen LogP) is 2.78. The van der Waals surface area contributed by atoms with Crippen molar-refractivity contribution in [3.05, 3.63) is 61.1 Å². The molecule has 0 atom stereocenters. The van der Waals surface area contributed by atoms with Crippen LogP contribution in [-0.4, -0.2) is 34.2 Å². The SMILES string of the molecule is COc1cccc(NC(=O)NCCn2ccnc2-c2ccccn2)c1. The van der Waals surface area contributed by atoms with Gasteiger partial charge in [0.1, 0.15) is 11.4 Å². The molecule has 1 aromatic carbocycles. The van der Waals surface area contributed by atoms with Crippen molar-refractivity contribution in [3.8, 4) is 17.3 Å². The Labute approximate surface area is 145 Å². The molecule has 0 aliphatic carbocycles. The van der Waals surface area contributed by atoms with Crippen LogP contribution in [0.1, 0.15) is 0 Å². The molecule has 3 rings (SSSR count). The number of amides is 2. The van der Waals surface area contributed by atoms with Crippen LogP contribution in [0.4, 0.5) is 10.5 Å². The van der Waals surface area contributed by atoms with Gasteiger partial charge < -0.3 is 19.9 Å². The molecule has 3 aromatic rings. The van der Waals surface area contributed by atoms with Crippen LogP contribution in [0, 0.1) is 0 Å². The molecule has 2 N–H and O–H groups in total. The van der Waals surface area contributed by atoms with Gasteiger partial charge in [-0.05, 0) is 24.3 Å². The molecule has 0 spiro atoms. The van der Waals surface area contributed by atoms with E-state index in [4.69, 9.17) is 4.74 Å². The number of carbonyl (C=O) groups excluding carboxylic acids is 1. The highest BCUT2D eigenvalue weighted by atomic mass is 16.5. The van der Waals surface area contributed by atoms with Gasteiger partial charge in [-0.25, -0.2) is 9.78 Å². The van der Waals surface area contributed by atoms with E-state index in [9.17, 15) is 4.79 Å². The van der Waals surface area contributed by atoms with E-state index in [0.717, 1.165) is 11.5 Å². The molecule has 0 unspecified atom stereocenters. The number of methoxy groups -OCH3 is 1. The van der Waals surface area contributed by atoms with Gasteiger partial charge in [-0.15, -0.1) is 0 Å². The zero-order valence-corrected chi connectivity index (χ0v) is 13.8. The second kappa shape index (κ2) is 7.96. The summed E-state index contributed by atoms with van der Waals surface area (Å²) < 4.78 is 7.09. The third-order valence-corrected chi connectivity index (χ3v) is 3.58. The van der Waals surface area contributed by atoms with Gasteiger partial charge in [0.25, 0.3) is 0 Å². The van der Waals surface area contributed by atoms with Crippen LogP contribution >= 0.6 is 0 Å². The Morgan fingerprint density at radius 2 is 2.08 bits per heavy atom. The van der Waals surface area contributed by atoms with E-state index in [2.05, 4.69) is 20.6 Å². The van der Waals surface area contributed by atoms with Crippen LogP contribution in [-0.2, 0) is 6.54 Å². The van der Waals surface area contributed by atoms with Gasteiger partial charge in [-0.1, -0.05) is 12.1 Å². The molecule has 25 heavy (non-hydrogen) atoms. The first-order valence-electron chi connectivity index (χ1n) is 7.88. The molecular weight excluding hydrogens is 318 g/mol. The molecule has 128 valence electrons. The average Bonchev–Trinajstić information content (AvgIpc) is 3.11. The zero-order valence-electron chi connectivity index (χ0n) is 13.8. The van der Waals surface area contributed by atoms with Crippen LogP contribution < -0.4 is 15.4 Å². The number of rotatable bonds is 6. The number of aromatic nitrogens is 3. The number of pyridine rings is 1. The second-order valence-electron chi connectivity index (χ2n) is 5.27. The highest BCUT2D eigenvalue weighted by Crippen LogP contribution is 2.16. The maximum Gasteiger partial charge on any atom is 0.319 e. The number of ether oxygens (including phenoxy) is 1. The van der Waals surface area contributed by atoms with Crippen LogP contribution in [0.2, 0.25) is 0 Å². The van der Waals surface area contributed by atoms with Gasteiger partial charge in [0.05, 0.1) is 7.11 Å². The highest BCUT2D eigenvalue weighted by Gasteiger charge is 2.07. The minimum absolute atomic E-state index is 0.271. The molecule has 0 fully saturated rings. The lowest BCUT2D eigenvalue weighted by molar-refractivity contribution is 0.251. The van der Waals surface area contributed by atoms with Crippen LogP contribution in [0.5, 0.6) is 5.75 Å². The summed E-state index contributed by atoms with van der Waals surface area (Å²) in [5, 5.41) is 5.60. The summed E-state index contributed by atoms with van der Waals surface area (Å²) in [5.41, 5.74) is 1.47. The van der Waals surface area contributed by atoms with E-state index >= 15 is 0 Å². The number of nitrogens with one attached hydrogen (secondary N) is 2. The quantitative estimate of drug-likeness (QED) is 0.725. The number of hydrogen-bond donors (Lipinski definition) is 2. The minimum Gasteiger partial charge on any atom is -0.497 e. The summed E-state index contributed by atoms with van der Waals surface area (Å²) in [5.74, 6) is 1.46. The van der Waals surface area contributed by atoms with Gasteiger partial charge in [0.2, 0.25) is 0 Å². The topological polar surface area (TPSA) is 81.1 Å². The molecular formula is C18H19N5O2. The number of nitrogens with zero attached hydrogens (tertiary/aromatic N) is 3. The summed E-state index contributed by atoms with van der Waals surface area (Å²) in [4.78, 5) is 20.6. The first-order chi connectivity index (χ1) is 12.3. The lowest BCUT2D eigenvalue weighted by Gasteiger charge is -2.10. The Morgan fingerprint density at radius 1 is 1.16 bits per heavy atom. The Morgan fingerprint density at radius 3 is 2.88 bits per heavy atom. The fourth-order valence-corrected chi connectivity index (χ4v) is 2.38. The molecule has 7 heteroatoms. The third kappa shape index (κ3) is 4.35. The van der Waals surface area contributed by atoms with Gasteiger partial charge in [-0.2, -0.15) is 0 Å². The number of imidazole rings is 1. The Balaban J connectivity index is 1.53. The Bertz CT molecular complexity index is 832. The first kappa shape index (κ1) is 16.5. The summed E-state index contributed by atoms with van der Waals surface area (Å²) in [6, 6.07) is 12.6. The molecule has 0 radical (unpaired) electrons. The van der Waals surface area contributed by atoms with Crippen molar-refractivity contribution < 1.29 is 9.53 Å². The normalized spacial score (nSPS) is 10.3. The van der Waals surface area contributed by atoms with Crippen LogP contribution in [0.3, 0.4) is 0 Å². The first-order valence-corrected chi connectivity index (χ1v) is 7.88. The van der Waals surface area contributed by atoms with Crippen LogP contribution in [0.15, 0.2) is 61.1 Å². The van der Waals surface area contributed by atoms with E-state index in [-0.39, 0.29) is 6.03 Å². The van der Waals surface area contributed by atoms with Crippen molar-refractivity contribution in [1.82, 2.24) is 19.9 Å². The molecule has 0 aliphatic rings. The van der Waals surface area contributed by atoms with Crippen molar-refractivity contribution >= 4 is 11.7 Å². The number of anilines is 1. The number of hydrogen-bond acceptors (Lipinski definition) is 4. The average molecular weight is 337 g/mol. The molecule has 0 saturated carbocycles. The Kier molecular flexibility index (Phi) is 5.26. The number of urea groups is 1. The summed E-state index contributed by atoms with van der Waals surface area (Å²) in [7, 11) is 1.59. The van der Waals surface area contributed by atoms with Crippen molar-refractivity contribution in [2.24, 2.45) is 0 Å². The minimum atomic E-state index is -0.271. The second-order valence-corrected chi connectivity index (χ2v) is 5.27. The fraction of sp³-hybridized carbons (Fsp3) is 0.167. The lowest BCUT2D eigenvalue weighted by Crippen LogP contribution is -2.31. The monoisotopic (exact) mass is 337 g/mol. The van der Waals surface area contributed by atoms with Crippen molar-refractivity contribution in [3.63, 3.8) is 0 Å². The lowest BCUT2D eigenvalue weighted by atomic mass is 10.3. The van der Waals surface area contributed by atoms with Gasteiger partial charge in [0.15, 0.2) is 5.82 Å². The maximum atomic E-state index is 12.0. The van der Waals surface area contributed by atoms with E-state index in [1.165, 1.54) is 0 Å². The van der Waals surface area contributed by atoms with Crippen molar-refractivity contribution in [1.29, 1.82) is 0 Å². The van der Waals surface area contributed by atoms with Gasteiger partial charge in [0, 0.05) is 43.4 Å². The third-order valence-electron chi connectivity index (χ3n) is 3.58. The molecule has 0 bridgehead atoms. The number of carbonyl (C=O) groups is 1. The van der Waals surface area contributed by atoms with E-state index in [0.29, 0.717) is 24.5 Å².